The molecule has 3 aromatic rings. The molecule has 2 aromatic carbocycles. The largest absolute Gasteiger partial charge is 0.337 e. The number of nitrogens with zero attached hydrogens (tertiary/aromatic N) is 1. The van der Waals surface area contributed by atoms with Crippen molar-refractivity contribution >= 4 is 33.0 Å². The summed E-state index contributed by atoms with van der Waals surface area (Å²) >= 11 is 0. The van der Waals surface area contributed by atoms with Gasteiger partial charge in [0.2, 0.25) is 5.88 Å². The smallest absolute Gasteiger partial charge is 0.264 e. The van der Waals surface area contributed by atoms with E-state index in [1.54, 1.807) is 44.2 Å². The first kappa shape index (κ1) is 15.2. The van der Waals surface area contributed by atoms with Crippen molar-refractivity contribution in [3.63, 3.8) is 0 Å². The van der Waals surface area contributed by atoms with Crippen molar-refractivity contribution in [2.24, 2.45) is 0 Å². The lowest BCUT2D eigenvalue weighted by Crippen LogP contribution is -2.13. The van der Waals surface area contributed by atoms with Crippen molar-refractivity contribution in [3.8, 4) is 0 Å². The molecule has 1 aromatic heterocycles. The Morgan fingerprint density at radius 2 is 1.78 bits per heavy atom. The fourth-order valence-corrected chi connectivity index (χ4v) is 3.60. The van der Waals surface area contributed by atoms with Crippen LogP contribution in [0.4, 0.5) is 5.88 Å². The van der Waals surface area contributed by atoms with Crippen molar-refractivity contribution in [2.45, 2.75) is 18.7 Å². The first-order chi connectivity index (χ1) is 10.9. The minimum absolute atomic E-state index is 0.0761. The molecule has 0 unspecified atom stereocenters. The summed E-state index contributed by atoms with van der Waals surface area (Å²) in [5.41, 5.74) is 1.68. The lowest BCUT2D eigenvalue weighted by Gasteiger charge is -2.10. The Hall–Kier alpha value is -2.67. The Balaban J connectivity index is 2.15. The first-order valence-corrected chi connectivity index (χ1v) is 8.35. The van der Waals surface area contributed by atoms with Crippen molar-refractivity contribution in [1.29, 1.82) is 0 Å². The van der Waals surface area contributed by atoms with E-state index in [-0.39, 0.29) is 10.8 Å². The highest BCUT2D eigenvalue weighted by Crippen LogP contribution is 2.28. The van der Waals surface area contributed by atoms with E-state index in [0.717, 1.165) is 0 Å². The SMILES string of the molecule is Cc1noc(NS(=O)(=O)c2cccc3c(C=O)cccc23)c1C. The highest BCUT2D eigenvalue weighted by Gasteiger charge is 2.21. The quantitative estimate of drug-likeness (QED) is 0.743. The zero-order chi connectivity index (χ0) is 16.6. The molecule has 0 fully saturated rings. The third-order valence-electron chi connectivity index (χ3n) is 3.72. The summed E-state index contributed by atoms with van der Waals surface area (Å²) in [5, 5.41) is 4.79. The van der Waals surface area contributed by atoms with Gasteiger partial charge in [0.1, 0.15) is 0 Å². The van der Waals surface area contributed by atoms with Crippen LogP contribution in [0.15, 0.2) is 45.8 Å². The molecule has 6 nitrogen and oxygen atoms in total. The minimum Gasteiger partial charge on any atom is -0.337 e. The summed E-state index contributed by atoms with van der Waals surface area (Å²) < 4.78 is 32.8. The standard InChI is InChI=1S/C16H14N2O4S/c1-10-11(2)17-22-16(10)18-23(20,21)15-8-4-6-13-12(9-19)5-3-7-14(13)15/h3-9,18H,1-2H3. The van der Waals surface area contributed by atoms with Crippen LogP contribution in [-0.4, -0.2) is 19.9 Å². The number of fused-ring (bicyclic) bond motifs is 1. The number of aromatic nitrogens is 1. The molecule has 1 N–H and O–H groups in total. The molecule has 118 valence electrons. The molecule has 0 bridgehead atoms. The van der Waals surface area contributed by atoms with Gasteiger partial charge in [0.05, 0.1) is 10.6 Å². The van der Waals surface area contributed by atoms with E-state index >= 15 is 0 Å². The van der Waals surface area contributed by atoms with Gasteiger partial charge in [-0.3, -0.25) is 4.79 Å². The van der Waals surface area contributed by atoms with E-state index in [1.165, 1.54) is 6.07 Å². The monoisotopic (exact) mass is 330 g/mol. The van der Waals surface area contributed by atoms with Crippen LogP contribution in [0.1, 0.15) is 21.6 Å². The van der Waals surface area contributed by atoms with Gasteiger partial charge in [-0.2, -0.15) is 0 Å². The van der Waals surface area contributed by atoms with Crippen LogP contribution >= 0.6 is 0 Å². The molecule has 0 saturated heterocycles. The molecular weight excluding hydrogens is 316 g/mol. The van der Waals surface area contributed by atoms with Crippen LogP contribution < -0.4 is 4.72 Å². The maximum absolute atomic E-state index is 12.7. The Bertz CT molecular complexity index is 1010. The summed E-state index contributed by atoms with van der Waals surface area (Å²) in [6.45, 7) is 3.45. The predicted molar refractivity (Wildman–Crippen MR) is 86.1 cm³/mol. The van der Waals surface area contributed by atoms with Crippen molar-refractivity contribution < 1.29 is 17.7 Å². The molecule has 0 aliphatic carbocycles. The third kappa shape index (κ3) is 2.59. The second-order valence-corrected chi connectivity index (χ2v) is 6.79. The molecule has 0 aliphatic rings. The Labute approximate surface area is 133 Å². The maximum Gasteiger partial charge on any atom is 0.264 e. The molecule has 0 atom stereocenters. The fraction of sp³-hybridized carbons (Fsp3) is 0.125. The van der Waals surface area contributed by atoms with Crippen LogP contribution in [0.25, 0.3) is 10.8 Å². The van der Waals surface area contributed by atoms with Gasteiger partial charge < -0.3 is 4.52 Å². The number of anilines is 1. The number of hydrogen-bond acceptors (Lipinski definition) is 5. The topological polar surface area (TPSA) is 89.3 Å². The third-order valence-corrected chi connectivity index (χ3v) is 5.11. The lowest BCUT2D eigenvalue weighted by molar-refractivity contribution is 0.112. The summed E-state index contributed by atoms with van der Waals surface area (Å²) in [6, 6.07) is 9.75. The average molecular weight is 330 g/mol. The zero-order valence-electron chi connectivity index (χ0n) is 12.5. The molecule has 0 radical (unpaired) electrons. The van der Waals surface area contributed by atoms with Gasteiger partial charge in [0.25, 0.3) is 10.0 Å². The molecule has 23 heavy (non-hydrogen) atoms. The molecular formula is C16H14N2O4S. The Kier molecular flexibility index (Phi) is 3.65. The molecule has 0 aliphatic heterocycles. The average Bonchev–Trinajstić information content (AvgIpc) is 2.85. The molecule has 0 spiro atoms. The minimum atomic E-state index is -3.87. The van der Waals surface area contributed by atoms with Gasteiger partial charge in [0, 0.05) is 16.5 Å². The molecule has 1 heterocycles. The lowest BCUT2D eigenvalue weighted by atomic mass is 10.1. The fourth-order valence-electron chi connectivity index (χ4n) is 2.33. The highest BCUT2D eigenvalue weighted by atomic mass is 32.2. The van der Waals surface area contributed by atoms with Crippen LogP contribution in [0, 0.1) is 13.8 Å². The Morgan fingerprint density at radius 1 is 1.09 bits per heavy atom. The Morgan fingerprint density at radius 3 is 2.43 bits per heavy atom. The number of aryl methyl sites for hydroxylation is 1. The van der Waals surface area contributed by atoms with E-state index in [9.17, 15) is 13.2 Å². The number of carbonyl (C=O) groups excluding carboxylic acids is 1. The second-order valence-electron chi connectivity index (χ2n) is 5.14. The van der Waals surface area contributed by atoms with Gasteiger partial charge in [0.15, 0.2) is 6.29 Å². The summed E-state index contributed by atoms with van der Waals surface area (Å²) in [6.07, 6.45) is 0.704. The number of rotatable bonds is 4. The van der Waals surface area contributed by atoms with Crippen molar-refractivity contribution in [1.82, 2.24) is 5.16 Å². The van der Waals surface area contributed by atoms with Gasteiger partial charge in [-0.25, -0.2) is 13.1 Å². The van der Waals surface area contributed by atoms with Gasteiger partial charge in [-0.05, 0) is 25.3 Å². The predicted octanol–water partition coefficient (Wildman–Crippen LogP) is 3.06. The molecule has 0 saturated carbocycles. The van der Waals surface area contributed by atoms with E-state index < -0.39 is 10.0 Å². The number of hydrogen-bond donors (Lipinski definition) is 1. The van der Waals surface area contributed by atoms with Crippen LogP contribution in [0.5, 0.6) is 0 Å². The van der Waals surface area contributed by atoms with Crippen LogP contribution in [0.3, 0.4) is 0 Å². The normalized spacial score (nSPS) is 11.6. The number of aldehydes is 1. The second kappa shape index (κ2) is 5.51. The molecule has 7 heteroatoms. The van der Waals surface area contributed by atoms with Crippen molar-refractivity contribution in [3.05, 3.63) is 53.2 Å². The van der Waals surface area contributed by atoms with Crippen LogP contribution in [0.2, 0.25) is 0 Å². The van der Waals surface area contributed by atoms with E-state index in [2.05, 4.69) is 9.88 Å². The number of benzene rings is 2. The van der Waals surface area contributed by atoms with Gasteiger partial charge in [-0.1, -0.05) is 35.5 Å². The summed E-state index contributed by atoms with van der Waals surface area (Å²) in [7, 11) is -3.87. The highest BCUT2D eigenvalue weighted by molar-refractivity contribution is 7.93. The number of nitrogens with one attached hydrogen (secondary N) is 1. The number of sulfonamides is 1. The van der Waals surface area contributed by atoms with E-state index in [0.29, 0.717) is 33.9 Å². The summed E-state index contributed by atoms with van der Waals surface area (Å²) in [5.74, 6) is 0.0889. The maximum atomic E-state index is 12.7. The first-order valence-electron chi connectivity index (χ1n) is 6.86. The van der Waals surface area contributed by atoms with E-state index in [4.69, 9.17) is 4.52 Å². The van der Waals surface area contributed by atoms with Crippen molar-refractivity contribution in [2.75, 3.05) is 4.72 Å². The zero-order valence-corrected chi connectivity index (χ0v) is 13.3. The van der Waals surface area contributed by atoms with Gasteiger partial charge >= 0.3 is 0 Å². The van der Waals surface area contributed by atoms with Crippen LogP contribution in [-0.2, 0) is 10.0 Å². The molecule has 3 rings (SSSR count). The summed E-state index contributed by atoms with van der Waals surface area (Å²) in [4.78, 5) is 11.2. The van der Waals surface area contributed by atoms with E-state index in [1.807, 2.05) is 0 Å². The molecule has 0 amide bonds. The van der Waals surface area contributed by atoms with Gasteiger partial charge in [-0.15, -0.1) is 0 Å². The number of carbonyl (C=O) groups is 1.